The maximum Gasteiger partial charge on any atom is 0.269 e. The largest absolute Gasteiger partial charge is 0.490 e. The number of nitrogens with one attached hydrogen (secondary N) is 1. The number of rotatable bonds is 6. The van der Waals surface area contributed by atoms with Crippen molar-refractivity contribution in [3.63, 3.8) is 0 Å². The number of hydrogen-bond acceptors (Lipinski definition) is 5. The molecule has 2 aromatic rings. The summed E-state index contributed by atoms with van der Waals surface area (Å²) >= 11 is 0. The summed E-state index contributed by atoms with van der Waals surface area (Å²) in [5, 5.41) is 13.5. The van der Waals surface area contributed by atoms with Gasteiger partial charge in [-0.1, -0.05) is 6.08 Å². The molecule has 0 aliphatic carbocycles. The fourth-order valence-electron chi connectivity index (χ4n) is 3.10. The Morgan fingerprint density at radius 1 is 1.29 bits per heavy atom. The molecule has 8 nitrogen and oxygen atoms in total. The van der Waals surface area contributed by atoms with Gasteiger partial charge < -0.3 is 15.0 Å². The van der Waals surface area contributed by atoms with Crippen LogP contribution in [0, 0.1) is 15.5 Å². The molecule has 0 saturated carbocycles. The van der Waals surface area contributed by atoms with Gasteiger partial charge in [0.1, 0.15) is 12.4 Å². The van der Waals surface area contributed by atoms with Crippen molar-refractivity contribution in [1.82, 2.24) is 0 Å². The van der Waals surface area contributed by atoms with Crippen LogP contribution in [0.1, 0.15) is 19.4 Å². The third-order valence-electron chi connectivity index (χ3n) is 4.77. The third-order valence-corrected chi connectivity index (χ3v) is 4.77. The lowest BCUT2D eigenvalue weighted by molar-refractivity contribution is -0.384. The number of amides is 2. The van der Waals surface area contributed by atoms with E-state index in [2.05, 4.69) is 11.9 Å². The van der Waals surface area contributed by atoms with E-state index in [1.807, 2.05) is 13.8 Å². The van der Waals surface area contributed by atoms with Crippen LogP contribution in [0.15, 0.2) is 61.2 Å². The van der Waals surface area contributed by atoms with Crippen LogP contribution in [0.25, 0.3) is 6.08 Å². The Morgan fingerprint density at radius 2 is 2.00 bits per heavy atom. The smallest absolute Gasteiger partial charge is 0.269 e. The maximum atomic E-state index is 12.9. The molecule has 0 fully saturated rings. The van der Waals surface area contributed by atoms with Crippen molar-refractivity contribution in [2.75, 3.05) is 23.4 Å². The highest BCUT2D eigenvalue weighted by Gasteiger charge is 2.37. The molecule has 2 amide bonds. The second-order valence-electron chi connectivity index (χ2n) is 7.73. The van der Waals surface area contributed by atoms with Crippen molar-refractivity contribution < 1.29 is 19.2 Å². The fourth-order valence-corrected chi connectivity index (χ4v) is 3.10. The average molecular weight is 421 g/mol. The van der Waals surface area contributed by atoms with Crippen LogP contribution in [-0.4, -0.2) is 29.9 Å². The van der Waals surface area contributed by atoms with E-state index in [-0.39, 0.29) is 24.1 Å². The molecule has 31 heavy (non-hydrogen) atoms. The van der Waals surface area contributed by atoms with E-state index in [4.69, 9.17) is 4.74 Å². The van der Waals surface area contributed by atoms with E-state index in [0.29, 0.717) is 29.2 Å². The zero-order valence-corrected chi connectivity index (χ0v) is 17.3. The first-order valence-electron chi connectivity index (χ1n) is 9.64. The molecule has 0 bridgehead atoms. The SMILES string of the molecule is C=CCN1C(=O)C(C)(C)COc2ccc(NC(=O)/C=C/c3ccc([N+](=O)[O-])cc3)cc21. The van der Waals surface area contributed by atoms with Gasteiger partial charge in [0.05, 0.1) is 16.0 Å². The lowest BCUT2D eigenvalue weighted by Crippen LogP contribution is -2.42. The minimum atomic E-state index is -0.696. The molecule has 1 heterocycles. The van der Waals surface area contributed by atoms with Crippen LogP contribution in [0.4, 0.5) is 17.1 Å². The molecular formula is C23H23N3O5. The lowest BCUT2D eigenvalue weighted by atomic mass is 9.93. The molecule has 0 aromatic heterocycles. The molecule has 0 radical (unpaired) electrons. The van der Waals surface area contributed by atoms with E-state index in [1.165, 1.54) is 18.2 Å². The molecule has 0 spiro atoms. The van der Waals surface area contributed by atoms with Crippen LogP contribution >= 0.6 is 0 Å². The summed E-state index contributed by atoms with van der Waals surface area (Å²) in [7, 11) is 0. The second-order valence-corrected chi connectivity index (χ2v) is 7.73. The number of ether oxygens (including phenoxy) is 1. The standard InChI is InChI=1S/C23H23N3O5/c1-4-13-25-19-14-17(8-11-20(19)31-15-23(2,3)22(25)28)24-21(27)12-7-16-5-9-18(10-6-16)26(29)30/h4-12,14H,1,13,15H2,2-3H3,(H,24,27)/b12-7+. The first-order valence-corrected chi connectivity index (χ1v) is 9.64. The van der Waals surface area contributed by atoms with Crippen LogP contribution < -0.4 is 15.0 Å². The van der Waals surface area contributed by atoms with E-state index >= 15 is 0 Å². The van der Waals surface area contributed by atoms with Crippen LogP contribution in [0.3, 0.4) is 0 Å². The van der Waals surface area contributed by atoms with Gasteiger partial charge in [0.25, 0.3) is 5.69 Å². The summed E-state index contributed by atoms with van der Waals surface area (Å²) < 4.78 is 5.83. The number of non-ortho nitro benzene ring substituents is 1. The molecular weight excluding hydrogens is 398 g/mol. The van der Waals surface area contributed by atoms with Crippen molar-refractivity contribution in [3.8, 4) is 5.75 Å². The van der Waals surface area contributed by atoms with E-state index < -0.39 is 10.3 Å². The third kappa shape index (κ3) is 4.98. The highest BCUT2D eigenvalue weighted by Crippen LogP contribution is 2.38. The molecule has 160 valence electrons. The van der Waals surface area contributed by atoms with Gasteiger partial charge in [-0.05, 0) is 55.8 Å². The second kappa shape index (κ2) is 8.83. The van der Waals surface area contributed by atoms with Crippen molar-refractivity contribution in [2.24, 2.45) is 5.41 Å². The topological polar surface area (TPSA) is 102 Å². The molecule has 8 heteroatoms. The molecule has 1 aliphatic rings. The van der Waals surface area contributed by atoms with Gasteiger partial charge in [0, 0.05) is 30.4 Å². The van der Waals surface area contributed by atoms with Crippen molar-refractivity contribution in [3.05, 3.63) is 76.9 Å². The molecule has 0 unspecified atom stereocenters. The van der Waals surface area contributed by atoms with Gasteiger partial charge in [-0.3, -0.25) is 19.7 Å². The molecule has 1 N–H and O–H groups in total. The van der Waals surface area contributed by atoms with Gasteiger partial charge in [-0.25, -0.2) is 0 Å². The number of hydrogen-bond donors (Lipinski definition) is 1. The number of benzene rings is 2. The molecule has 2 aromatic carbocycles. The van der Waals surface area contributed by atoms with Crippen molar-refractivity contribution in [1.29, 1.82) is 0 Å². The van der Waals surface area contributed by atoms with E-state index in [1.54, 1.807) is 47.4 Å². The molecule has 0 saturated heterocycles. The van der Waals surface area contributed by atoms with Crippen LogP contribution in [0.2, 0.25) is 0 Å². The maximum absolute atomic E-state index is 12.9. The predicted octanol–water partition coefficient (Wildman–Crippen LogP) is 4.18. The normalized spacial score (nSPS) is 15.0. The Morgan fingerprint density at radius 3 is 2.65 bits per heavy atom. The first kappa shape index (κ1) is 21.8. The molecule has 3 rings (SSSR count). The van der Waals surface area contributed by atoms with E-state index in [0.717, 1.165) is 0 Å². The Hall–Kier alpha value is -3.94. The Balaban J connectivity index is 1.78. The Bertz CT molecular complexity index is 1060. The van der Waals surface area contributed by atoms with Gasteiger partial charge in [0.15, 0.2) is 0 Å². The summed E-state index contributed by atoms with van der Waals surface area (Å²) in [6.07, 6.45) is 4.53. The van der Waals surface area contributed by atoms with Crippen molar-refractivity contribution >= 4 is 35.0 Å². The summed E-state index contributed by atoms with van der Waals surface area (Å²) in [5.41, 5.74) is 1.01. The number of nitro groups is 1. The number of nitro benzene ring substituents is 1. The quantitative estimate of drug-likeness (QED) is 0.326. The zero-order chi connectivity index (χ0) is 22.6. The average Bonchev–Trinajstić information content (AvgIpc) is 2.83. The monoisotopic (exact) mass is 421 g/mol. The fraction of sp³-hybridized carbons (Fsp3) is 0.217. The summed E-state index contributed by atoms with van der Waals surface area (Å²) in [5.74, 6) is 0.0858. The number of anilines is 2. The van der Waals surface area contributed by atoms with Gasteiger partial charge in [-0.2, -0.15) is 0 Å². The summed E-state index contributed by atoms with van der Waals surface area (Å²) in [6.45, 7) is 7.94. The Kier molecular flexibility index (Phi) is 6.20. The number of nitrogens with zero attached hydrogens (tertiary/aromatic N) is 2. The van der Waals surface area contributed by atoms with Crippen LogP contribution in [-0.2, 0) is 9.59 Å². The van der Waals surface area contributed by atoms with Gasteiger partial charge in [0.2, 0.25) is 11.8 Å². The van der Waals surface area contributed by atoms with Gasteiger partial charge in [-0.15, -0.1) is 6.58 Å². The van der Waals surface area contributed by atoms with Gasteiger partial charge >= 0.3 is 0 Å². The minimum Gasteiger partial charge on any atom is -0.490 e. The summed E-state index contributed by atoms with van der Waals surface area (Å²) in [4.78, 5) is 37.1. The highest BCUT2D eigenvalue weighted by molar-refractivity contribution is 6.04. The number of fused-ring (bicyclic) bond motifs is 1. The van der Waals surface area contributed by atoms with Crippen LogP contribution in [0.5, 0.6) is 5.75 Å². The predicted molar refractivity (Wildman–Crippen MR) is 119 cm³/mol. The lowest BCUT2D eigenvalue weighted by Gasteiger charge is -2.27. The highest BCUT2D eigenvalue weighted by atomic mass is 16.6. The Labute approximate surface area is 180 Å². The first-order chi connectivity index (χ1) is 14.7. The number of carbonyl (C=O) groups is 2. The zero-order valence-electron chi connectivity index (χ0n) is 17.3. The minimum absolute atomic E-state index is 0.0180. The summed E-state index contributed by atoms with van der Waals surface area (Å²) in [6, 6.07) is 11.0. The number of carbonyl (C=O) groups excluding carboxylic acids is 2. The molecule has 0 atom stereocenters. The van der Waals surface area contributed by atoms with E-state index in [9.17, 15) is 19.7 Å². The van der Waals surface area contributed by atoms with Crippen molar-refractivity contribution in [2.45, 2.75) is 13.8 Å². The molecule has 1 aliphatic heterocycles.